The minimum atomic E-state index is -1.44. The van der Waals surface area contributed by atoms with Crippen molar-refractivity contribution in [3.05, 3.63) is 62.1 Å². The summed E-state index contributed by atoms with van der Waals surface area (Å²) in [5.41, 5.74) is 0.396. The summed E-state index contributed by atoms with van der Waals surface area (Å²) >= 11 is 31.9. The molecule has 1 fully saturated rings. The van der Waals surface area contributed by atoms with Crippen LogP contribution in [0.15, 0.2) is 36.4 Å². The highest BCUT2D eigenvalue weighted by atomic mass is 35.5. The summed E-state index contributed by atoms with van der Waals surface area (Å²) in [4.78, 5) is 0. The van der Waals surface area contributed by atoms with E-state index in [1.807, 2.05) is 18.2 Å². The Balaban J connectivity index is 2.11. The molecule has 134 valence electrons. The van der Waals surface area contributed by atoms with Crippen molar-refractivity contribution in [3.63, 3.8) is 0 Å². The molecule has 0 bridgehead atoms. The zero-order valence-electron chi connectivity index (χ0n) is 12.9. The second-order valence-electron chi connectivity index (χ2n) is 5.47. The van der Waals surface area contributed by atoms with Crippen LogP contribution >= 0.6 is 58.0 Å². The third kappa shape index (κ3) is 3.98. The molecule has 0 radical (unpaired) electrons. The lowest BCUT2D eigenvalue weighted by Gasteiger charge is -2.38. The number of nitrogens with one attached hydrogen (secondary N) is 1. The molecule has 0 amide bonds. The van der Waals surface area contributed by atoms with E-state index in [4.69, 9.17) is 67.5 Å². The van der Waals surface area contributed by atoms with Crippen molar-refractivity contribution in [2.75, 3.05) is 19.7 Å². The number of hydrogen-bond donors (Lipinski definition) is 1. The van der Waals surface area contributed by atoms with Gasteiger partial charge in [-0.15, -0.1) is 0 Å². The maximum Gasteiger partial charge on any atom is 0.236 e. The molecule has 0 aliphatic carbocycles. The molecule has 1 N–H and O–H groups in total. The molecule has 25 heavy (non-hydrogen) atoms. The molecule has 1 heterocycles. The highest BCUT2D eigenvalue weighted by Gasteiger charge is 2.45. The summed E-state index contributed by atoms with van der Waals surface area (Å²) < 4.78 is 12.0. The zero-order chi connectivity index (χ0) is 18.0. The van der Waals surface area contributed by atoms with Crippen LogP contribution < -0.4 is 10.1 Å². The molecule has 1 aliphatic heterocycles. The third-order valence-corrected chi connectivity index (χ3v) is 6.10. The number of halogens is 5. The molecule has 0 unspecified atom stereocenters. The van der Waals surface area contributed by atoms with E-state index in [2.05, 4.69) is 5.32 Å². The van der Waals surface area contributed by atoms with Gasteiger partial charge in [0.15, 0.2) is 0 Å². The summed E-state index contributed by atoms with van der Waals surface area (Å²) in [6, 6.07) is 10.7. The van der Waals surface area contributed by atoms with Crippen molar-refractivity contribution in [2.24, 2.45) is 0 Å². The van der Waals surface area contributed by atoms with Gasteiger partial charge in [-0.3, -0.25) is 0 Å². The Morgan fingerprint density at radius 1 is 1.04 bits per heavy atom. The van der Waals surface area contributed by atoms with Gasteiger partial charge in [0.2, 0.25) is 5.06 Å². The SMILES string of the molecule is Clc1cc([C@@](Cl)(Oc2ccccc2)[C@@H]2CNCCO2)c(Cl)c(Cl)c1Cl. The number of benzene rings is 2. The van der Waals surface area contributed by atoms with Crippen molar-refractivity contribution >= 4 is 58.0 Å². The number of hydrogen-bond acceptors (Lipinski definition) is 3. The average molecular weight is 442 g/mol. The number of morpholine rings is 1. The number of rotatable bonds is 4. The van der Waals surface area contributed by atoms with Gasteiger partial charge in [0.25, 0.3) is 0 Å². The fourth-order valence-corrected chi connectivity index (χ4v) is 3.95. The Labute approximate surface area is 171 Å². The number of alkyl halides is 1. The first-order valence-corrected chi connectivity index (χ1v) is 9.41. The number of ether oxygens (including phenoxy) is 2. The first-order chi connectivity index (χ1) is 11.9. The average Bonchev–Trinajstić information content (AvgIpc) is 2.64. The molecular formula is C17H14Cl5NO2. The van der Waals surface area contributed by atoms with Gasteiger partial charge < -0.3 is 14.8 Å². The Bertz CT molecular complexity index is 752. The van der Waals surface area contributed by atoms with Crippen LogP contribution in [0.5, 0.6) is 5.75 Å². The van der Waals surface area contributed by atoms with Crippen LogP contribution in [0.1, 0.15) is 5.56 Å². The van der Waals surface area contributed by atoms with Crippen LogP contribution in [0.4, 0.5) is 0 Å². The smallest absolute Gasteiger partial charge is 0.236 e. The summed E-state index contributed by atoms with van der Waals surface area (Å²) in [6.07, 6.45) is -0.520. The van der Waals surface area contributed by atoms with Crippen molar-refractivity contribution in [1.82, 2.24) is 5.32 Å². The van der Waals surface area contributed by atoms with E-state index in [9.17, 15) is 0 Å². The molecule has 1 saturated heterocycles. The molecule has 0 saturated carbocycles. The predicted octanol–water partition coefficient (Wildman–Crippen LogP) is 5.76. The largest absolute Gasteiger partial charge is 0.465 e. The van der Waals surface area contributed by atoms with E-state index in [1.54, 1.807) is 18.2 Å². The van der Waals surface area contributed by atoms with Crippen LogP contribution in [0.25, 0.3) is 0 Å². The lowest BCUT2D eigenvalue weighted by atomic mass is 10.0. The topological polar surface area (TPSA) is 30.5 Å². The lowest BCUT2D eigenvalue weighted by Crippen LogP contribution is -2.51. The molecule has 0 aromatic heterocycles. The minimum Gasteiger partial charge on any atom is -0.465 e. The summed E-state index contributed by atoms with van der Waals surface area (Å²) in [6.45, 7) is 1.69. The van der Waals surface area contributed by atoms with Gasteiger partial charge in [-0.2, -0.15) is 0 Å². The molecule has 2 aromatic carbocycles. The quantitative estimate of drug-likeness (QED) is 0.372. The second-order valence-corrected chi connectivity index (χ2v) is 7.57. The highest BCUT2D eigenvalue weighted by molar-refractivity contribution is 6.52. The first kappa shape index (κ1) is 19.4. The van der Waals surface area contributed by atoms with E-state index >= 15 is 0 Å². The van der Waals surface area contributed by atoms with E-state index in [-0.39, 0.29) is 20.1 Å². The lowest BCUT2D eigenvalue weighted by molar-refractivity contribution is -0.0652. The molecule has 3 nitrogen and oxygen atoms in total. The molecule has 8 heteroatoms. The van der Waals surface area contributed by atoms with Crippen LogP contribution in [-0.4, -0.2) is 25.8 Å². The van der Waals surface area contributed by atoms with Gasteiger partial charge in [0, 0.05) is 18.7 Å². The van der Waals surface area contributed by atoms with E-state index in [0.29, 0.717) is 24.5 Å². The predicted molar refractivity (Wildman–Crippen MR) is 104 cm³/mol. The van der Waals surface area contributed by atoms with Crippen LogP contribution in [0, 0.1) is 0 Å². The van der Waals surface area contributed by atoms with Crippen LogP contribution in [-0.2, 0) is 9.80 Å². The summed E-state index contributed by atoms with van der Waals surface area (Å²) in [5, 5.41) is 2.49. The van der Waals surface area contributed by atoms with Gasteiger partial charge in [-0.1, -0.05) is 76.2 Å². The zero-order valence-corrected chi connectivity index (χ0v) is 16.6. The molecular weight excluding hydrogens is 427 g/mol. The van der Waals surface area contributed by atoms with Gasteiger partial charge >= 0.3 is 0 Å². The fraction of sp³-hybridized carbons (Fsp3) is 0.294. The fourth-order valence-electron chi connectivity index (χ4n) is 2.58. The first-order valence-electron chi connectivity index (χ1n) is 7.52. The highest BCUT2D eigenvalue weighted by Crippen LogP contribution is 2.47. The van der Waals surface area contributed by atoms with Crippen molar-refractivity contribution < 1.29 is 9.47 Å². The second kappa shape index (κ2) is 8.10. The monoisotopic (exact) mass is 439 g/mol. The van der Waals surface area contributed by atoms with Crippen LogP contribution in [0.3, 0.4) is 0 Å². The third-order valence-electron chi connectivity index (χ3n) is 3.82. The van der Waals surface area contributed by atoms with Gasteiger partial charge in [0.1, 0.15) is 11.9 Å². The van der Waals surface area contributed by atoms with Gasteiger partial charge in [-0.05, 0) is 18.2 Å². The summed E-state index contributed by atoms with van der Waals surface area (Å²) in [5.74, 6) is 0.560. The Kier molecular flexibility index (Phi) is 6.27. The van der Waals surface area contributed by atoms with E-state index in [0.717, 1.165) is 6.54 Å². The van der Waals surface area contributed by atoms with Gasteiger partial charge in [0.05, 0.1) is 26.7 Å². The molecule has 2 atom stereocenters. The normalized spacial score (nSPS) is 20.1. The molecule has 0 spiro atoms. The minimum absolute atomic E-state index is 0.122. The Morgan fingerprint density at radius 2 is 1.76 bits per heavy atom. The Hall–Kier alpha value is -0.390. The van der Waals surface area contributed by atoms with Crippen molar-refractivity contribution in [1.29, 1.82) is 0 Å². The Morgan fingerprint density at radius 3 is 2.40 bits per heavy atom. The van der Waals surface area contributed by atoms with Crippen molar-refractivity contribution in [3.8, 4) is 5.75 Å². The molecule has 1 aliphatic rings. The van der Waals surface area contributed by atoms with Crippen molar-refractivity contribution in [2.45, 2.75) is 11.2 Å². The molecule has 3 rings (SSSR count). The molecule has 2 aromatic rings. The van der Waals surface area contributed by atoms with E-state index < -0.39 is 11.2 Å². The standard InChI is InChI=1S/C17H14Cl5NO2/c18-12-8-11(14(19)16(21)15(12)20)17(22,13-9-23-6-7-24-13)25-10-4-2-1-3-5-10/h1-5,8,13,23H,6-7,9H2/t13-,17+/m0/s1. The maximum atomic E-state index is 6.95. The van der Waals surface area contributed by atoms with Crippen LogP contribution in [0.2, 0.25) is 20.1 Å². The van der Waals surface area contributed by atoms with E-state index in [1.165, 1.54) is 0 Å². The van der Waals surface area contributed by atoms with Gasteiger partial charge in [-0.25, -0.2) is 0 Å². The maximum absolute atomic E-state index is 6.95. The summed E-state index contributed by atoms with van der Waals surface area (Å²) in [7, 11) is 0. The number of para-hydroxylation sites is 1.